The quantitative estimate of drug-likeness (QED) is 0.684. The molecule has 2 bridgehead atoms. The molecule has 1 aromatic rings. The number of hydrogen-bond acceptors (Lipinski definition) is 4. The van der Waals surface area contributed by atoms with E-state index < -0.39 is 10.8 Å². The van der Waals surface area contributed by atoms with Crippen molar-refractivity contribution in [2.24, 2.45) is 21.8 Å². The van der Waals surface area contributed by atoms with Crippen LogP contribution in [0.2, 0.25) is 0 Å². The van der Waals surface area contributed by atoms with Gasteiger partial charge < -0.3 is 0 Å². The summed E-state index contributed by atoms with van der Waals surface area (Å²) in [6.45, 7) is 6.73. The number of benzene rings is 1. The van der Waals surface area contributed by atoms with Crippen LogP contribution in [0, 0.1) is 26.9 Å². The lowest BCUT2D eigenvalue weighted by Crippen LogP contribution is -2.34. The average molecular weight is 315 g/mol. The third-order valence-corrected chi connectivity index (χ3v) is 6.15. The lowest BCUT2D eigenvalue weighted by Gasteiger charge is -2.34. The van der Waals surface area contributed by atoms with Crippen LogP contribution < -0.4 is 5.43 Å². The number of fused-ring (bicyclic) bond motifs is 2. The zero-order valence-electron chi connectivity index (χ0n) is 13.6. The van der Waals surface area contributed by atoms with Gasteiger partial charge in [-0.15, -0.1) is 0 Å². The second kappa shape index (κ2) is 5.15. The maximum Gasteiger partial charge on any atom is 0.282 e. The Balaban J connectivity index is 1.82. The molecule has 2 atom stereocenters. The minimum atomic E-state index is -0.552. The van der Waals surface area contributed by atoms with E-state index in [1.54, 1.807) is 12.1 Å². The number of nitrogens with one attached hydrogen (secondary N) is 1. The summed E-state index contributed by atoms with van der Waals surface area (Å²) >= 11 is 0. The number of amides is 1. The predicted octanol–water partition coefficient (Wildman–Crippen LogP) is 3.53. The van der Waals surface area contributed by atoms with E-state index in [9.17, 15) is 14.9 Å². The van der Waals surface area contributed by atoms with E-state index in [4.69, 9.17) is 0 Å². The van der Waals surface area contributed by atoms with Gasteiger partial charge in [-0.3, -0.25) is 14.9 Å². The van der Waals surface area contributed by atoms with E-state index in [1.165, 1.54) is 18.6 Å². The number of nitro groups is 1. The van der Waals surface area contributed by atoms with Crippen LogP contribution in [0.4, 0.5) is 5.69 Å². The maximum atomic E-state index is 12.3. The van der Waals surface area contributed by atoms with Crippen molar-refractivity contribution >= 4 is 17.3 Å². The fourth-order valence-corrected chi connectivity index (χ4v) is 4.10. The van der Waals surface area contributed by atoms with Gasteiger partial charge in [-0.2, -0.15) is 5.10 Å². The first-order valence-electron chi connectivity index (χ1n) is 7.88. The lowest BCUT2D eigenvalue weighted by atomic mass is 9.70. The fraction of sp³-hybridized carbons (Fsp3) is 0.529. The van der Waals surface area contributed by atoms with Crippen LogP contribution in [-0.4, -0.2) is 16.5 Å². The van der Waals surface area contributed by atoms with Gasteiger partial charge in [0.25, 0.3) is 11.6 Å². The summed E-state index contributed by atoms with van der Waals surface area (Å²) in [6.07, 6.45) is 3.16. The SMILES string of the molecule is CC12CCC(C/C1=N/NC(=O)c1ccccc1[N+](=O)[O-])C2(C)C. The highest BCUT2D eigenvalue weighted by atomic mass is 16.6. The fourth-order valence-electron chi connectivity index (χ4n) is 4.10. The summed E-state index contributed by atoms with van der Waals surface area (Å²) in [5.41, 5.74) is 3.54. The Morgan fingerprint density at radius 3 is 2.61 bits per heavy atom. The number of nitro benzene ring substituents is 1. The van der Waals surface area contributed by atoms with Crippen LogP contribution in [0.25, 0.3) is 0 Å². The van der Waals surface area contributed by atoms with E-state index in [0.717, 1.165) is 18.6 Å². The Labute approximate surface area is 135 Å². The summed E-state index contributed by atoms with van der Waals surface area (Å²) < 4.78 is 0. The van der Waals surface area contributed by atoms with Crippen molar-refractivity contribution in [2.75, 3.05) is 0 Å². The molecule has 0 aromatic heterocycles. The first-order chi connectivity index (χ1) is 10.8. The molecule has 2 saturated carbocycles. The predicted molar refractivity (Wildman–Crippen MR) is 87.2 cm³/mol. The van der Waals surface area contributed by atoms with E-state index in [1.807, 2.05) is 0 Å². The molecule has 23 heavy (non-hydrogen) atoms. The number of para-hydroxylation sites is 1. The van der Waals surface area contributed by atoms with Crippen molar-refractivity contribution in [2.45, 2.75) is 40.0 Å². The molecule has 122 valence electrons. The average Bonchev–Trinajstić information content (AvgIpc) is 2.85. The summed E-state index contributed by atoms with van der Waals surface area (Å²) in [5.74, 6) is 0.0585. The number of carbonyl (C=O) groups excluding carboxylic acids is 1. The number of nitrogens with zero attached hydrogens (tertiary/aromatic N) is 2. The minimum absolute atomic E-state index is 0.00638. The topological polar surface area (TPSA) is 84.6 Å². The van der Waals surface area contributed by atoms with Crippen molar-refractivity contribution in [3.63, 3.8) is 0 Å². The Hall–Kier alpha value is -2.24. The summed E-state index contributed by atoms with van der Waals surface area (Å²) in [6, 6.07) is 5.92. The first-order valence-corrected chi connectivity index (χ1v) is 7.88. The molecule has 1 aromatic carbocycles. The maximum absolute atomic E-state index is 12.3. The molecule has 1 amide bonds. The molecule has 0 radical (unpaired) electrons. The number of carbonyl (C=O) groups is 1. The second-order valence-corrected chi connectivity index (χ2v) is 7.27. The van der Waals surface area contributed by atoms with Crippen molar-refractivity contribution in [1.29, 1.82) is 0 Å². The van der Waals surface area contributed by atoms with Gasteiger partial charge in [-0.1, -0.05) is 32.9 Å². The normalized spacial score (nSPS) is 29.7. The molecule has 2 unspecified atom stereocenters. The third-order valence-electron chi connectivity index (χ3n) is 6.15. The van der Waals surface area contributed by atoms with Crippen LogP contribution in [0.1, 0.15) is 50.4 Å². The van der Waals surface area contributed by atoms with Crippen LogP contribution in [0.3, 0.4) is 0 Å². The minimum Gasteiger partial charge on any atom is -0.267 e. The van der Waals surface area contributed by atoms with Crippen molar-refractivity contribution in [3.05, 3.63) is 39.9 Å². The highest BCUT2D eigenvalue weighted by Gasteiger charge is 2.60. The van der Waals surface area contributed by atoms with Crippen LogP contribution >= 0.6 is 0 Å². The van der Waals surface area contributed by atoms with Gasteiger partial charge in [-0.25, -0.2) is 5.43 Å². The van der Waals surface area contributed by atoms with Gasteiger partial charge >= 0.3 is 0 Å². The number of rotatable bonds is 3. The molecule has 1 N–H and O–H groups in total. The van der Waals surface area contributed by atoms with Gasteiger partial charge in [0.05, 0.1) is 4.92 Å². The summed E-state index contributed by atoms with van der Waals surface area (Å²) in [5, 5.41) is 15.4. The third kappa shape index (κ3) is 2.24. The van der Waals surface area contributed by atoms with Gasteiger partial charge in [0.15, 0.2) is 0 Å². The standard InChI is InChI=1S/C17H21N3O3/c1-16(2)11-8-9-17(16,3)14(10-11)18-19-15(21)12-6-4-5-7-13(12)20(22)23/h4-7,11H,8-10H2,1-3H3,(H,19,21)/b18-14-. The van der Waals surface area contributed by atoms with Crippen molar-refractivity contribution in [3.8, 4) is 0 Å². The molecule has 0 spiro atoms. The molecule has 3 rings (SSSR count). The van der Waals surface area contributed by atoms with Gasteiger partial charge in [-0.05, 0) is 36.7 Å². The second-order valence-electron chi connectivity index (χ2n) is 7.27. The molecule has 2 aliphatic carbocycles. The summed E-state index contributed by atoms with van der Waals surface area (Å²) in [4.78, 5) is 22.7. The molecule has 0 aliphatic heterocycles. The smallest absolute Gasteiger partial charge is 0.267 e. The molecular formula is C17H21N3O3. The van der Waals surface area contributed by atoms with Gasteiger partial charge in [0.1, 0.15) is 5.56 Å². The monoisotopic (exact) mass is 315 g/mol. The first kappa shape index (κ1) is 15.6. The Kier molecular flexibility index (Phi) is 3.50. The highest BCUT2D eigenvalue weighted by molar-refractivity contribution is 6.00. The Bertz CT molecular complexity index is 711. The zero-order chi connectivity index (χ0) is 16.8. The molecular weight excluding hydrogens is 294 g/mol. The molecule has 6 heteroatoms. The van der Waals surface area contributed by atoms with E-state index >= 15 is 0 Å². The molecule has 6 nitrogen and oxygen atoms in total. The molecule has 0 heterocycles. The van der Waals surface area contributed by atoms with E-state index in [2.05, 4.69) is 31.3 Å². The largest absolute Gasteiger partial charge is 0.282 e. The van der Waals surface area contributed by atoms with E-state index in [-0.39, 0.29) is 22.1 Å². The van der Waals surface area contributed by atoms with Crippen molar-refractivity contribution in [1.82, 2.24) is 5.43 Å². The Morgan fingerprint density at radius 2 is 2.04 bits per heavy atom. The Morgan fingerprint density at radius 1 is 1.35 bits per heavy atom. The lowest BCUT2D eigenvalue weighted by molar-refractivity contribution is -0.385. The van der Waals surface area contributed by atoms with Crippen molar-refractivity contribution < 1.29 is 9.72 Å². The number of hydrazone groups is 1. The number of hydrogen-bond donors (Lipinski definition) is 1. The van der Waals surface area contributed by atoms with Gasteiger partial charge in [0, 0.05) is 17.2 Å². The van der Waals surface area contributed by atoms with Crippen LogP contribution in [0.5, 0.6) is 0 Å². The van der Waals surface area contributed by atoms with Gasteiger partial charge in [0.2, 0.25) is 0 Å². The summed E-state index contributed by atoms with van der Waals surface area (Å²) in [7, 11) is 0. The van der Waals surface area contributed by atoms with Crippen LogP contribution in [-0.2, 0) is 0 Å². The molecule has 0 saturated heterocycles. The zero-order valence-corrected chi connectivity index (χ0v) is 13.6. The van der Waals surface area contributed by atoms with Crippen LogP contribution in [0.15, 0.2) is 29.4 Å². The highest BCUT2D eigenvalue weighted by Crippen LogP contribution is 2.63. The van der Waals surface area contributed by atoms with E-state index in [0.29, 0.717) is 5.92 Å². The molecule has 2 aliphatic rings. The molecule has 2 fully saturated rings.